The zero-order valence-corrected chi connectivity index (χ0v) is 10.5. The van der Waals surface area contributed by atoms with Crippen molar-refractivity contribution in [1.82, 2.24) is 4.90 Å². The Morgan fingerprint density at radius 1 is 1.00 bits per heavy atom. The highest BCUT2D eigenvalue weighted by Crippen LogP contribution is 2.44. The molecule has 84 valence electrons. The Morgan fingerprint density at radius 2 is 1.50 bits per heavy atom. The molecular formula is C13H27N. The van der Waals surface area contributed by atoms with Crippen molar-refractivity contribution in [2.45, 2.75) is 52.9 Å². The zero-order valence-electron chi connectivity index (χ0n) is 10.5. The lowest BCUT2D eigenvalue weighted by atomic mass is 9.86. The van der Waals surface area contributed by atoms with Crippen LogP contribution in [0.5, 0.6) is 0 Å². The molecule has 2 rings (SSSR count). The first-order chi connectivity index (χ1) is 6.54. The van der Waals surface area contributed by atoms with Crippen molar-refractivity contribution in [1.29, 1.82) is 0 Å². The van der Waals surface area contributed by atoms with E-state index in [1.165, 1.54) is 45.2 Å². The first kappa shape index (κ1) is 12.0. The third-order valence-corrected chi connectivity index (χ3v) is 3.29. The molecular weight excluding hydrogens is 170 g/mol. The predicted octanol–water partition coefficient (Wildman–Crippen LogP) is 3.54. The summed E-state index contributed by atoms with van der Waals surface area (Å²) in [5, 5.41) is 0. The summed E-state index contributed by atoms with van der Waals surface area (Å²) < 4.78 is 0. The Balaban J connectivity index is 0.000000213. The van der Waals surface area contributed by atoms with Crippen LogP contribution in [0.2, 0.25) is 0 Å². The maximum absolute atomic E-state index is 2.49. The van der Waals surface area contributed by atoms with Crippen LogP contribution in [-0.2, 0) is 0 Å². The number of hydrogen-bond donors (Lipinski definition) is 0. The minimum absolute atomic E-state index is 0.786. The summed E-state index contributed by atoms with van der Waals surface area (Å²) in [7, 11) is 2.26. The van der Waals surface area contributed by atoms with E-state index in [0.717, 1.165) is 11.3 Å². The van der Waals surface area contributed by atoms with Crippen LogP contribution < -0.4 is 0 Å². The van der Waals surface area contributed by atoms with Gasteiger partial charge in [0.2, 0.25) is 0 Å². The van der Waals surface area contributed by atoms with Crippen molar-refractivity contribution in [3.63, 3.8) is 0 Å². The second-order valence-corrected chi connectivity index (χ2v) is 5.93. The van der Waals surface area contributed by atoms with Gasteiger partial charge in [-0.2, -0.15) is 0 Å². The van der Waals surface area contributed by atoms with E-state index in [0.29, 0.717) is 0 Å². The number of nitrogens with zero attached hydrogens (tertiary/aromatic N) is 1. The van der Waals surface area contributed by atoms with E-state index < -0.39 is 0 Å². The van der Waals surface area contributed by atoms with Gasteiger partial charge >= 0.3 is 0 Å². The fourth-order valence-corrected chi connectivity index (χ4v) is 2.69. The first-order valence-electron chi connectivity index (χ1n) is 6.23. The average molecular weight is 197 g/mol. The van der Waals surface area contributed by atoms with Crippen molar-refractivity contribution >= 4 is 0 Å². The summed E-state index contributed by atoms with van der Waals surface area (Å²) in [6.07, 6.45) is 7.49. The number of hydrogen-bond acceptors (Lipinski definition) is 1. The summed E-state index contributed by atoms with van der Waals surface area (Å²) in [6, 6.07) is 0. The molecule has 14 heavy (non-hydrogen) atoms. The van der Waals surface area contributed by atoms with E-state index in [-0.39, 0.29) is 0 Å². The van der Waals surface area contributed by atoms with E-state index >= 15 is 0 Å². The maximum atomic E-state index is 2.49. The SMILES string of the molecule is CC(C)C.CN1CCC2(CCCC2)C1. The lowest BCUT2D eigenvalue weighted by Gasteiger charge is -2.21. The summed E-state index contributed by atoms with van der Waals surface area (Å²) in [6.45, 7) is 9.23. The maximum Gasteiger partial charge on any atom is 0.00354 e. The molecule has 0 atom stereocenters. The van der Waals surface area contributed by atoms with Crippen LogP contribution in [0.15, 0.2) is 0 Å². The van der Waals surface area contributed by atoms with Crippen LogP contribution >= 0.6 is 0 Å². The Bertz CT molecular complexity index is 154. The van der Waals surface area contributed by atoms with Crippen molar-refractivity contribution in [3.8, 4) is 0 Å². The van der Waals surface area contributed by atoms with Gasteiger partial charge in [-0.1, -0.05) is 33.6 Å². The largest absolute Gasteiger partial charge is 0.306 e. The van der Waals surface area contributed by atoms with Crippen LogP contribution in [0.4, 0.5) is 0 Å². The van der Waals surface area contributed by atoms with Crippen LogP contribution in [0, 0.1) is 11.3 Å². The smallest absolute Gasteiger partial charge is 0.00354 e. The molecule has 1 heteroatoms. The molecule has 0 unspecified atom stereocenters. The second-order valence-electron chi connectivity index (χ2n) is 5.93. The fraction of sp³-hybridized carbons (Fsp3) is 1.00. The highest BCUT2D eigenvalue weighted by atomic mass is 15.1. The van der Waals surface area contributed by atoms with Crippen LogP contribution in [0.3, 0.4) is 0 Å². The monoisotopic (exact) mass is 197 g/mol. The topological polar surface area (TPSA) is 3.24 Å². The molecule has 1 nitrogen and oxygen atoms in total. The molecule has 2 fully saturated rings. The van der Waals surface area contributed by atoms with Gasteiger partial charge in [0.15, 0.2) is 0 Å². The number of rotatable bonds is 0. The van der Waals surface area contributed by atoms with Gasteiger partial charge in [0.25, 0.3) is 0 Å². The van der Waals surface area contributed by atoms with E-state index in [9.17, 15) is 0 Å². The zero-order chi connectivity index (χ0) is 10.6. The molecule has 1 saturated carbocycles. The minimum atomic E-state index is 0.786. The second kappa shape index (κ2) is 5.16. The standard InChI is InChI=1S/C9H17N.C4H10/c1-10-7-6-9(8-10)4-2-3-5-9;1-4(2)3/h2-8H2,1H3;4H,1-3H3. The van der Waals surface area contributed by atoms with E-state index in [1.54, 1.807) is 0 Å². The lowest BCUT2D eigenvalue weighted by Crippen LogP contribution is -2.21. The Hall–Kier alpha value is -0.0400. The molecule has 0 amide bonds. The molecule has 0 radical (unpaired) electrons. The summed E-state index contributed by atoms with van der Waals surface area (Å²) in [5.41, 5.74) is 0.786. The molecule has 1 saturated heterocycles. The summed E-state index contributed by atoms with van der Waals surface area (Å²) in [5.74, 6) is 0.833. The molecule has 1 spiro atoms. The molecule has 1 aliphatic heterocycles. The van der Waals surface area contributed by atoms with Crippen molar-refractivity contribution < 1.29 is 0 Å². The highest BCUT2D eigenvalue weighted by Gasteiger charge is 2.38. The van der Waals surface area contributed by atoms with Crippen LogP contribution in [-0.4, -0.2) is 25.0 Å². The third-order valence-electron chi connectivity index (χ3n) is 3.29. The molecule has 2 aliphatic rings. The quantitative estimate of drug-likeness (QED) is 0.574. The molecule has 0 N–H and O–H groups in total. The first-order valence-corrected chi connectivity index (χ1v) is 6.23. The van der Waals surface area contributed by atoms with Gasteiger partial charge in [0.1, 0.15) is 0 Å². The summed E-state index contributed by atoms with van der Waals surface area (Å²) >= 11 is 0. The van der Waals surface area contributed by atoms with Crippen LogP contribution in [0.1, 0.15) is 52.9 Å². The molecule has 0 aromatic heterocycles. The molecule has 0 aromatic rings. The minimum Gasteiger partial charge on any atom is -0.306 e. The summed E-state index contributed by atoms with van der Waals surface area (Å²) in [4.78, 5) is 2.49. The third kappa shape index (κ3) is 3.61. The molecule has 0 bridgehead atoms. The van der Waals surface area contributed by atoms with Gasteiger partial charge in [0, 0.05) is 6.54 Å². The lowest BCUT2D eigenvalue weighted by molar-refractivity contribution is 0.289. The average Bonchev–Trinajstić information content (AvgIpc) is 2.62. The van der Waals surface area contributed by atoms with E-state index in [1.807, 2.05) is 0 Å². The molecule has 1 aliphatic carbocycles. The van der Waals surface area contributed by atoms with Crippen molar-refractivity contribution in [3.05, 3.63) is 0 Å². The van der Waals surface area contributed by atoms with Gasteiger partial charge in [-0.25, -0.2) is 0 Å². The Labute approximate surface area is 89.9 Å². The Kier molecular flexibility index (Phi) is 4.43. The van der Waals surface area contributed by atoms with Gasteiger partial charge in [-0.05, 0) is 44.2 Å². The fourth-order valence-electron chi connectivity index (χ4n) is 2.69. The van der Waals surface area contributed by atoms with E-state index in [2.05, 4.69) is 32.7 Å². The molecule has 1 heterocycles. The van der Waals surface area contributed by atoms with Gasteiger partial charge in [-0.3, -0.25) is 0 Å². The van der Waals surface area contributed by atoms with E-state index in [4.69, 9.17) is 0 Å². The van der Waals surface area contributed by atoms with Gasteiger partial charge in [-0.15, -0.1) is 0 Å². The Morgan fingerprint density at radius 3 is 1.86 bits per heavy atom. The molecule has 0 aromatic carbocycles. The normalized spacial score (nSPS) is 25.5. The number of likely N-dealkylation sites (tertiary alicyclic amines) is 1. The van der Waals surface area contributed by atoms with Gasteiger partial charge < -0.3 is 4.90 Å². The van der Waals surface area contributed by atoms with Crippen molar-refractivity contribution in [2.75, 3.05) is 20.1 Å². The highest BCUT2D eigenvalue weighted by molar-refractivity contribution is 4.91. The predicted molar refractivity (Wildman–Crippen MR) is 63.5 cm³/mol. The van der Waals surface area contributed by atoms with Crippen molar-refractivity contribution in [2.24, 2.45) is 11.3 Å². The van der Waals surface area contributed by atoms with Gasteiger partial charge in [0.05, 0.1) is 0 Å². The van der Waals surface area contributed by atoms with Crippen LogP contribution in [0.25, 0.3) is 0 Å².